The lowest BCUT2D eigenvalue weighted by molar-refractivity contribution is 0.400. The van der Waals surface area contributed by atoms with Crippen molar-refractivity contribution < 1.29 is 9.47 Å². The molecule has 1 aromatic rings. The molecule has 1 rings (SSSR count). The van der Waals surface area contributed by atoms with E-state index in [1.54, 1.807) is 20.3 Å². The van der Waals surface area contributed by atoms with E-state index in [-0.39, 0.29) is 0 Å². The molecule has 0 saturated heterocycles. The van der Waals surface area contributed by atoms with Crippen LogP contribution in [-0.4, -0.2) is 20.8 Å². The van der Waals surface area contributed by atoms with Gasteiger partial charge >= 0.3 is 0 Å². The summed E-state index contributed by atoms with van der Waals surface area (Å²) in [5.41, 5.74) is 12.8. The molecule has 0 aliphatic carbocycles. The van der Waals surface area contributed by atoms with Crippen LogP contribution in [-0.2, 0) is 6.42 Å². The Morgan fingerprint density at radius 1 is 1.14 bits per heavy atom. The first-order valence-corrected chi connectivity index (χ1v) is 4.43. The van der Waals surface area contributed by atoms with Gasteiger partial charge in [-0.15, -0.1) is 0 Å². The highest BCUT2D eigenvalue weighted by Crippen LogP contribution is 2.30. The van der Waals surface area contributed by atoms with Gasteiger partial charge in [0, 0.05) is 6.07 Å². The van der Waals surface area contributed by atoms with Crippen LogP contribution in [0, 0.1) is 0 Å². The minimum Gasteiger partial charge on any atom is -0.496 e. The molecule has 0 amide bonds. The quantitative estimate of drug-likeness (QED) is 0.698. The van der Waals surface area contributed by atoms with Gasteiger partial charge in [-0.3, -0.25) is 0 Å². The Balaban J connectivity index is 3.11. The number of ether oxygens (including phenoxy) is 2. The Morgan fingerprint density at radius 2 is 1.79 bits per heavy atom. The largest absolute Gasteiger partial charge is 0.496 e. The Bertz CT molecular complexity index is 313. The normalized spacial score (nSPS) is 9.93. The lowest BCUT2D eigenvalue weighted by Gasteiger charge is -2.11. The highest BCUT2D eigenvalue weighted by molar-refractivity contribution is 5.59. The van der Waals surface area contributed by atoms with Crippen molar-refractivity contribution in [1.82, 2.24) is 0 Å². The molecule has 4 heteroatoms. The Labute approximate surface area is 83.8 Å². The van der Waals surface area contributed by atoms with Gasteiger partial charge in [0.15, 0.2) is 0 Å². The van der Waals surface area contributed by atoms with E-state index in [0.29, 0.717) is 18.0 Å². The molecule has 0 aliphatic heterocycles. The average molecular weight is 196 g/mol. The van der Waals surface area contributed by atoms with Gasteiger partial charge < -0.3 is 20.9 Å². The summed E-state index contributed by atoms with van der Waals surface area (Å²) in [5.74, 6) is 1.42. The van der Waals surface area contributed by atoms with E-state index in [0.717, 1.165) is 17.7 Å². The summed E-state index contributed by atoms with van der Waals surface area (Å²) in [4.78, 5) is 0. The van der Waals surface area contributed by atoms with Crippen LogP contribution in [0.2, 0.25) is 0 Å². The highest BCUT2D eigenvalue weighted by atomic mass is 16.5. The molecule has 0 heterocycles. The first-order valence-electron chi connectivity index (χ1n) is 4.43. The molecule has 0 atom stereocenters. The van der Waals surface area contributed by atoms with Crippen molar-refractivity contribution in [1.29, 1.82) is 0 Å². The maximum atomic E-state index is 5.74. The lowest BCUT2D eigenvalue weighted by atomic mass is 10.1. The number of hydrogen-bond acceptors (Lipinski definition) is 4. The highest BCUT2D eigenvalue weighted by Gasteiger charge is 2.07. The van der Waals surface area contributed by atoms with Crippen molar-refractivity contribution in [3.05, 3.63) is 17.7 Å². The molecule has 14 heavy (non-hydrogen) atoms. The first-order chi connectivity index (χ1) is 6.72. The van der Waals surface area contributed by atoms with E-state index < -0.39 is 0 Å². The number of methoxy groups -OCH3 is 2. The average Bonchev–Trinajstić information content (AvgIpc) is 2.20. The molecule has 0 radical (unpaired) electrons. The SMILES string of the molecule is COc1cc(CCN)c(OC)cc1N. The predicted octanol–water partition coefficient (Wildman–Crippen LogP) is 0.787. The fourth-order valence-electron chi connectivity index (χ4n) is 1.34. The van der Waals surface area contributed by atoms with Gasteiger partial charge in [0.2, 0.25) is 0 Å². The molecule has 0 bridgehead atoms. The molecule has 4 nitrogen and oxygen atoms in total. The lowest BCUT2D eigenvalue weighted by Crippen LogP contribution is -2.05. The first kappa shape index (κ1) is 10.7. The third-order valence-electron chi connectivity index (χ3n) is 2.05. The summed E-state index contributed by atoms with van der Waals surface area (Å²) in [6, 6.07) is 3.62. The molecule has 4 N–H and O–H groups in total. The number of hydrogen-bond donors (Lipinski definition) is 2. The number of nitrogen functional groups attached to an aromatic ring is 1. The zero-order valence-corrected chi connectivity index (χ0v) is 8.54. The number of anilines is 1. The minimum atomic E-state index is 0.573. The molecule has 0 spiro atoms. The second-order valence-electron chi connectivity index (χ2n) is 2.94. The predicted molar refractivity (Wildman–Crippen MR) is 56.7 cm³/mol. The summed E-state index contributed by atoms with van der Waals surface area (Å²) in [6.07, 6.45) is 0.750. The van der Waals surface area contributed by atoms with Crippen molar-refractivity contribution in [2.24, 2.45) is 5.73 Å². The van der Waals surface area contributed by atoms with Crippen LogP contribution < -0.4 is 20.9 Å². The number of nitrogens with two attached hydrogens (primary N) is 2. The van der Waals surface area contributed by atoms with E-state index in [1.807, 2.05) is 6.07 Å². The monoisotopic (exact) mass is 196 g/mol. The number of benzene rings is 1. The summed E-state index contributed by atoms with van der Waals surface area (Å²) in [5, 5.41) is 0. The maximum Gasteiger partial charge on any atom is 0.142 e. The van der Waals surface area contributed by atoms with Crippen molar-refractivity contribution in [2.45, 2.75) is 6.42 Å². The molecular formula is C10H16N2O2. The smallest absolute Gasteiger partial charge is 0.142 e. The van der Waals surface area contributed by atoms with Crippen LogP contribution >= 0.6 is 0 Å². The molecule has 0 saturated carbocycles. The molecule has 0 aliphatic rings. The Hall–Kier alpha value is -1.42. The Kier molecular flexibility index (Phi) is 3.59. The molecular weight excluding hydrogens is 180 g/mol. The van der Waals surface area contributed by atoms with Gasteiger partial charge in [0.25, 0.3) is 0 Å². The summed E-state index contributed by atoms with van der Waals surface area (Å²) >= 11 is 0. The van der Waals surface area contributed by atoms with Crippen molar-refractivity contribution in [2.75, 3.05) is 26.5 Å². The van der Waals surface area contributed by atoms with Crippen LogP contribution in [0.4, 0.5) is 5.69 Å². The molecule has 0 unspecified atom stereocenters. The second kappa shape index (κ2) is 4.72. The van der Waals surface area contributed by atoms with E-state index >= 15 is 0 Å². The fourth-order valence-corrected chi connectivity index (χ4v) is 1.34. The van der Waals surface area contributed by atoms with Crippen LogP contribution in [0.5, 0.6) is 11.5 Å². The summed E-state index contributed by atoms with van der Waals surface area (Å²) < 4.78 is 10.3. The van der Waals surface area contributed by atoms with Crippen LogP contribution in [0.15, 0.2) is 12.1 Å². The van der Waals surface area contributed by atoms with Crippen molar-refractivity contribution in [3.8, 4) is 11.5 Å². The van der Waals surface area contributed by atoms with Crippen LogP contribution in [0.25, 0.3) is 0 Å². The fraction of sp³-hybridized carbons (Fsp3) is 0.400. The maximum absolute atomic E-state index is 5.74. The van der Waals surface area contributed by atoms with E-state index in [2.05, 4.69) is 0 Å². The molecule has 0 fully saturated rings. The summed E-state index contributed by atoms with van der Waals surface area (Å²) in [6.45, 7) is 0.573. The van der Waals surface area contributed by atoms with Crippen molar-refractivity contribution >= 4 is 5.69 Å². The van der Waals surface area contributed by atoms with Gasteiger partial charge in [-0.2, -0.15) is 0 Å². The van der Waals surface area contributed by atoms with E-state index in [4.69, 9.17) is 20.9 Å². The molecule has 78 valence electrons. The standard InChI is InChI=1S/C10H16N2O2/c1-13-9-6-8(12)10(14-2)5-7(9)3-4-11/h5-6H,3-4,11-12H2,1-2H3. The topological polar surface area (TPSA) is 70.5 Å². The molecule has 0 aromatic heterocycles. The number of rotatable bonds is 4. The van der Waals surface area contributed by atoms with Crippen LogP contribution in [0.1, 0.15) is 5.56 Å². The zero-order chi connectivity index (χ0) is 10.6. The third kappa shape index (κ3) is 2.09. The van der Waals surface area contributed by atoms with Gasteiger partial charge in [0.05, 0.1) is 19.9 Å². The third-order valence-corrected chi connectivity index (χ3v) is 2.05. The van der Waals surface area contributed by atoms with E-state index in [1.165, 1.54) is 0 Å². The summed E-state index contributed by atoms with van der Waals surface area (Å²) in [7, 11) is 3.20. The molecule has 1 aromatic carbocycles. The van der Waals surface area contributed by atoms with Crippen LogP contribution in [0.3, 0.4) is 0 Å². The van der Waals surface area contributed by atoms with Gasteiger partial charge in [-0.05, 0) is 24.6 Å². The van der Waals surface area contributed by atoms with E-state index in [9.17, 15) is 0 Å². The Morgan fingerprint density at radius 3 is 2.29 bits per heavy atom. The van der Waals surface area contributed by atoms with Gasteiger partial charge in [-0.1, -0.05) is 0 Å². The zero-order valence-electron chi connectivity index (χ0n) is 8.54. The van der Waals surface area contributed by atoms with Crippen molar-refractivity contribution in [3.63, 3.8) is 0 Å². The minimum absolute atomic E-state index is 0.573. The van der Waals surface area contributed by atoms with Gasteiger partial charge in [0.1, 0.15) is 11.5 Å². The van der Waals surface area contributed by atoms with Gasteiger partial charge in [-0.25, -0.2) is 0 Å². The second-order valence-corrected chi connectivity index (χ2v) is 2.94.